The Morgan fingerprint density at radius 2 is 2.46 bits per heavy atom. The van der Waals surface area contributed by atoms with Crippen LogP contribution in [0, 0.1) is 5.92 Å². The van der Waals surface area contributed by atoms with E-state index in [0.29, 0.717) is 12.3 Å². The average Bonchev–Trinajstić information content (AvgIpc) is 2.33. The van der Waals surface area contributed by atoms with Gasteiger partial charge in [-0.1, -0.05) is 13.8 Å². The number of amides is 1. The predicted molar refractivity (Wildman–Crippen MR) is 53.7 cm³/mol. The molecule has 5 heteroatoms. The van der Waals surface area contributed by atoms with E-state index in [4.69, 9.17) is 0 Å². The number of hydrogen-bond acceptors (Lipinski definition) is 2. The van der Waals surface area contributed by atoms with Crippen LogP contribution in [0.3, 0.4) is 0 Å². The van der Waals surface area contributed by atoms with E-state index in [1.54, 1.807) is 12.4 Å². The molecule has 4 nitrogen and oxygen atoms in total. The first-order valence-electron chi connectivity index (χ1n) is 4.08. The van der Waals surface area contributed by atoms with Gasteiger partial charge in [-0.3, -0.25) is 4.79 Å². The maximum Gasteiger partial charge on any atom is 0.240 e. The Morgan fingerprint density at radius 3 is 2.92 bits per heavy atom. The lowest BCUT2D eigenvalue weighted by Gasteiger charge is -2.05. The molecule has 0 atom stereocenters. The van der Waals surface area contributed by atoms with E-state index < -0.39 is 0 Å². The van der Waals surface area contributed by atoms with Gasteiger partial charge in [-0.25, -0.2) is 5.43 Å². The van der Waals surface area contributed by atoms with Gasteiger partial charge < -0.3 is 0 Å². The summed E-state index contributed by atoms with van der Waals surface area (Å²) in [5.41, 5.74) is 2.63. The number of rotatable bonds is 3. The highest BCUT2D eigenvalue weighted by atomic mass is 79.9. The Hall–Kier alpha value is -0.840. The van der Waals surface area contributed by atoms with Crippen LogP contribution in [0.5, 0.6) is 0 Å². The smallest absolute Gasteiger partial charge is 0.240 e. The van der Waals surface area contributed by atoms with E-state index in [1.165, 1.54) is 4.79 Å². The highest BCUT2D eigenvalue weighted by Crippen LogP contribution is 2.05. The molecule has 72 valence electrons. The molecular formula is C8H12BrN3O. The number of carbonyl (C=O) groups excluding carboxylic acids is 1. The number of hydrogen-bond donors (Lipinski definition) is 1. The summed E-state index contributed by atoms with van der Waals surface area (Å²) in [5, 5.41) is 3.90. The molecule has 0 bridgehead atoms. The monoisotopic (exact) mass is 245 g/mol. The molecule has 1 rings (SSSR count). The van der Waals surface area contributed by atoms with E-state index >= 15 is 0 Å². The lowest BCUT2D eigenvalue weighted by molar-refractivity contribution is -0.117. The first-order chi connectivity index (χ1) is 6.08. The fraction of sp³-hybridized carbons (Fsp3) is 0.500. The summed E-state index contributed by atoms with van der Waals surface area (Å²) < 4.78 is 0.845. The molecule has 1 amide bonds. The summed E-state index contributed by atoms with van der Waals surface area (Å²) in [6, 6.07) is 0. The van der Waals surface area contributed by atoms with Crippen molar-refractivity contribution in [1.29, 1.82) is 0 Å². The minimum atomic E-state index is -0.0226. The zero-order chi connectivity index (χ0) is 9.84. The Bertz CT molecular complexity index is 295. The van der Waals surface area contributed by atoms with E-state index in [9.17, 15) is 4.79 Å². The third kappa shape index (κ3) is 3.59. The van der Waals surface area contributed by atoms with Gasteiger partial charge in [0.05, 0.1) is 16.9 Å². The Morgan fingerprint density at radius 1 is 1.77 bits per heavy atom. The number of nitrogens with zero attached hydrogens (tertiary/aromatic N) is 2. The fourth-order valence-corrected chi connectivity index (χ4v) is 1.19. The normalized spacial score (nSPS) is 10.5. The fourth-order valence-electron chi connectivity index (χ4n) is 0.906. The zero-order valence-corrected chi connectivity index (χ0v) is 9.21. The van der Waals surface area contributed by atoms with Crippen LogP contribution in [0.4, 0.5) is 0 Å². The Kier molecular flexibility index (Phi) is 3.48. The van der Waals surface area contributed by atoms with Gasteiger partial charge in [0.15, 0.2) is 0 Å². The molecule has 0 radical (unpaired) electrons. The van der Waals surface area contributed by atoms with Gasteiger partial charge in [-0.2, -0.15) is 9.89 Å². The minimum Gasteiger partial charge on any atom is -0.273 e. The predicted octanol–water partition coefficient (Wildman–Crippen LogP) is 1.76. The average molecular weight is 246 g/mol. The number of nitrogens with one attached hydrogen (secondary N) is 1. The molecule has 1 heterocycles. The summed E-state index contributed by atoms with van der Waals surface area (Å²) in [6.45, 7) is 4.00. The van der Waals surface area contributed by atoms with Crippen molar-refractivity contribution < 1.29 is 4.79 Å². The van der Waals surface area contributed by atoms with Crippen molar-refractivity contribution >= 4 is 21.8 Å². The summed E-state index contributed by atoms with van der Waals surface area (Å²) in [6.07, 6.45) is 3.82. The summed E-state index contributed by atoms with van der Waals surface area (Å²) in [7, 11) is 0. The van der Waals surface area contributed by atoms with Crippen LogP contribution < -0.4 is 5.43 Å². The van der Waals surface area contributed by atoms with Gasteiger partial charge >= 0.3 is 0 Å². The van der Waals surface area contributed by atoms with E-state index in [0.717, 1.165) is 4.47 Å². The van der Waals surface area contributed by atoms with Crippen LogP contribution >= 0.6 is 15.9 Å². The van der Waals surface area contributed by atoms with Crippen molar-refractivity contribution in [3.05, 3.63) is 16.9 Å². The molecule has 1 N–H and O–H groups in total. The van der Waals surface area contributed by atoms with Crippen LogP contribution in [-0.2, 0) is 4.79 Å². The second-order valence-electron chi connectivity index (χ2n) is 3.24. The molecule has 0 unspecified atom stereocenters. The van der Waals surface area contributed by atoms with Gasteiger partial charge in [0, 0.05) is 6.42 Å². The Labute approximate surface area is 85.4 Å². The van der Waals surface area contributed by atoms with Gasteiger partial charge in [-0.15, -0.1) is 0 Å². The highest BCUT2D eigenvalue weighted by Gasteiger charge is 2.04. The van der Waals surface area contributed by atoms with Crippen molar-refractivity contribution in [2.45, 2.75) is 20.3 Å². The molecule has 0 aromatic carbocycles. The molecule has 0 fully saturated rings. The molecule has 0 aliphatic carbocycles. The topological polar surface area (TPSA) is 46.9 Å². The van der Waals surface area contributed by atoms with E-state index in [1.807, 2.05) is 13.8 Å². The standard InChI is InChI=1S/C8H12BrN3O/c1-6(2)3-8(13)11-12-5-7(9)4-10-12/h4-6H,3H2,1-2H3,(H,11,13). The van der Waals surface area contributed by atoms with Crippen molar-refractivity contribution in [2.24, 2.45) is 5.92 Å². The van der Waals surface area contributed by atoms with E-state index in [2.05, 4.69) is 26.5 Å². The van der Waals surface area contributed by atoms with Crippen molar-refractivity contribution in [2.75, 3.05) is 5.43 Å². The highest BCUT2D eigenvalue weighted by molar-refractivity contribution is 9.10. The summed E-state index contributed by atoms with van der Waals surface area (Å²) >= 11 is 3.24. The minimum absolute atomic E-state index is 0.0226. The quantitative estimate of drug-likeness (QED) is 0.883. The Balaban J connectivity index is 2.45. The number of halogens is 1. The van der Waals surface area contributed by atoms with E-state index in [-0.39, 0.29) is 5.91 Å². The second kappa shape index (κ2) is 4.41. The lowest BCUT2D eigenvalue weighted by atomic mass is 10.1. The van der Waals surface area contributed by atoms with Crippen LogP contribution in [0.25, 0.3) is 0 Å². The molecule has 1 aromatic heterocycles. The van der Waals surface area contributed by atoms with Gasteiger partial charge in [-0.05, 0) is 21.8 Å². The molecular weight excluding hydrogens is 234 g/mol. The first-order valence-corrected chi connectivity index (χ1v) is 4.87. The molecule has 0 spiro atoms. The third-order valence-electron chi connectivity index (χ3n) is 1.38. The number of carbonyl (C=O) groups is 1. The lowest BCUT2D eigenvalue weighted by Crippen LogP contribution is -2.24. The zero-order valence-electron chi connectivity index (χ0n) is 7.62. The molecule has 13 heavy (non-hydrogen) atoms. The van der Waals surface area contributed by atoms with Crippen LogP contribution in [0.15, 0.2) is 16.9 Å². The maximum atomic E-state index is 11.2. The molecule has 0 aliphatic heterocycles. The van der Waals surface area contributed by atoms with Gasteiger partial charge in [0.2, 0.25) is 5.91 Å². The molecule has 1 aromatic rings. The SMILES string of the molecule is CC(C)CC(=O)Nn1cc(Br)cn1. The first kappa shape index (κ1) is 10.2. The van der Waals surface area contributed by atoms with Crippen LogP contribution in [0.2, 0.25) is 0 Å². The molecule has 0 saturated heterocycles. The van der Waals surface area contributed by atoms with Gasteiger partial charge in [0.25, 0.3) is 0 Å². The second-order valence-corrected chi connectivity index (χ2v) is 4.15. The molecule has 0 saturated carbocycles. The molecule has 0 aliphatic rings. The van der Waals surface area contributed by atoms with Crippen molar-refractivity contribution in [3.63, 3.8) is 0 Å². The van der Waals surface area contributed by atoms with Crippen LogP contribution in [-0.4, -0.2) is 15.8 Å². The summed E-state index contributed by atoms with van der Waals surface area (Å²) in [4.78, 5) is 12.6. The van der Waals surface area contributed by atoms with Crippen LogP contribution in [0.1, 0.15) is 20.3 Å². The third-order valence-corrected chi connectivity index (χ3v) is 1.79. The maximum absolute atomic E-state index is 11.2. The largest absolute Gasteiger partial charge is 0.273 e. The van der Waals surface area contributed by atoms with Crippen molar-refractivity contribution in [3.8, 4) is 0 Å². The van der Waals surface area contributed by atoms with Gasteiger partial charge in [0.1, 0.15) is 0 Å². The summed E-state index contributed by atoms with van der Waals surface area (Å²) in [5.74, 6) is 0.338. The van der Waals surface area contributed by atoms with Crippen molar-refractivity contribution in [1.82, 2.24) is 9.89 Å². The number of aromatic nitrogens is 2.